The third-order valence-corrected chi connectivity index (χ3v) is 4.56. The maximum absolute atomic E-state index is 4.79. The monoisotopic (exact) mass is 310 g/mol. The number of aromatic nitrogens is 1. The van der Waals surface area contributed by atoms with Gasteiger partial charge in [0.05, 0.1) is 5.69 Å². The Balaban J connectivity index is 1.82. The lowest BCUT2D eigenvalue weighted by atomic mass is 10.1. The highest BCUT2D eigenvalue weighted by molar-refractivity contribution is 7.13. The lowest BCUT2D eigenvalue weighted by Gasteiger charge is -2.35. The largest absolute Gasteiger partial charge is 0.346 e. The molecule has 5 heteroatoms. The second-order valence-corrected chi connectivity index (χ2v) is 8.24. The van der Waals surface area contributed by atoms with Crippen molar-refractivity contribution in [2.24, 2.45) is 5.92 Å². The van der Waals surface area contributed by atoms with Gasteiger partial charge in [-0.2, -0.15) is 0 Å². The minimum Gasteiger partial charge on any atom is -0.346 e. The summed E-state index contributed by atoms with van der Waals surface area (Å²) < 4.78 is 0. The number of piperazine rings is 1. The molecule has 1 saturated heterocycles. The fourth-order valence-corrected chi connectivity index (χ4v) is 3.40. The summed E-state index contributed by atoms with van der Waals surface area (Å²) in [5, 5.41) is 6.87. The SMILES string of the molecule is CC(C)CN1CCN(c2nc(CNC(C)(C)C)cs2)CC1. The summed E-state index contributed by atoms with van der Waals surface area (Å²) in [6, 6.07) is 0. The van der Waals surface area contributed by atoms with Crippen LogP contribution >= 0.6 is 11.3 Å². The van der Waals surface area contributed by atoms with Crippen LogP contribution in [-0.2, 0) is 6.54 Å². The molecular formula is C16H30N4S. The van der Waals surface area contributed by atoms with E-state index >= 15 is 0 Å². The molecule has 0 amide bonds. The lowest BCUT2D eigenvalue weighted by molar-refractivity contribution is 0.231. The maximum atomic E-state index is 4.79. The molecule has 1 fully saturated rings. The Bertz CT molecular complexity index is 428. The third kappa shape index (κ3) is 5.57. The number of nitrogens with one attached hydrogen (secondary N) is 1. The second-order valence-electron chi connectivity index (χ2n) is 7.41. The molecule has 0 bridgehead atoms. The number of anilines is 1. The van der Waals surface area contributed by atoms with Crippen molar-refractivity contribution in [3.05, 3.63) is 11.1 Å². The number of hydrogen-bond acceptors (Lipinski definition) is 5. The molecular weight excluding hydrogens is 280 g/mol. The molecule has 0 unspecified atom stereocenters. The van der Waals surface area contributed by atoms with Crippen LogP contribution in [0, 0.1) is 5.92 Å². The molecule has 2 rings (SSSR count). The van der Waals surface area contributed by atoms with E-state index in [0.29, 0.717) is 0 Å². The van der Waals surface area contributed by atoms with Gasteiger partial charge in [-0.15, -0.1) is 11.3 Å². The average molecular weight is 311 g/mol. The minimum atomic E-state index is 0.145. The van der Waals surface area contributed by atoms with Crippen molar-refractivity contribution in [3.63, 3.8) is 0 Å². The Hall–Kier alpha value is -0.650. The van der Waals surface area contributed by atoms with Crippen molar-refractivity contribution in [1.82, 2.24) is 15.2 Å². The van der Waals surface area contributed by atoms with Crippen LogP contribution in [0.25, 0.3) is 0 Å². The van der Waals surface area contributed by atoms with E-state index in [1.54, 1.807) is 11.3 Å². The molecule has 0 aliphatic carbocycles. The summed E-state index contributed by atoms with van der Waals surface area (Å²) in [6.07, 6.45) is 0. The van der Waals surface area contributed by atoms with Crippen molar-refractivity contribution < 1.29 is 0 Å². The molecule has 1 aliphatic rings. The first kappa shape index (κ1) is 16.7. The van der Waals surface area contributed by atoms with Crippen molar-refractivity contribution in [2.75, 3.05) is 37.6 Å². The van der Waals surface area contributed by atoms with Gasteiger partial charge < -0.3 is 10.2 Å². The number of nitrogens with zero attached hydrogens (tertiary/aromatic N) is 3. The van der Waals surface area contributed by atoms with Gasteiger partial charge in [-0.3, -0.25) is 4.90 Å². The molecule has 2 heterocycles. The average Bonchev–Trinajstić information content (AvgIpc) is 2.84. The molecule has 0 aromatic carbocycles. The van der Waals surface area contributed by atoms with E-state index in [1.807, 2.05) is 0 Å². The van der Waals surface area contributed by atoms with Gasteiger partial charge in [-0.05, 0) is 26.7 Å². The minimum absolute atomic E-state index is 0.145. The molecule has 4 nitrogen and oxygen atoms in total. The van der Waals surface area contributed by atoms with Crippen LogP contribution in [0.4, 0.5) is 5.13 Å². The van der Waals surface area contributed by atoms with E-state index in [9.17, 15) is 0 Å². The highest BCUT2D eigenvalue weighted by Crippen LogP contribution is 2.22. The van der Waals surface area contributed by atoms with Gasteiger partial charge in [-0.1, -0.05) is 13.8 Å². The standard InChI is InChI=1S/C16H30N4S/c1-13(2)11-19-6-8-20(9-7-19)15-18-14(12-21-15)10-17-16(3,4)5/h12-13,17H,6-11H2,1-5H3. The van der Waals surface area contributed by atoms with Crippen molar-refractivity contribution in [1.29, 1.82) is 0 Å². The zero-order valence-electron chi connectivity index (χ0n) is 14.1. The summed E-state index contributed by atoms with van der Waals surface area (Å²) in [5.74, 6) is 0.756. The Morgan fingerprint density at radius 2 is 1.90 bits per heavy atom. The first-order valence-electron chi connectivity index (χ1n) is 8.00. The van der Waals surface area contributed by atoms with Crippen LogP contribution in [0.5, 0.6) is 0 Å². The van der Waals surface area contributed by atoms with E-state index in [4.69, 9.17) is 4.98 Å². The summed E-state index contributed by atoms with van der Waals surface area (Å²) in [7, 11) is 0. The predicted molar refractivity (Wildman–Crippen MR) is 92.2 cm³/mol. The first-order chi connectivity index (χ1) is 9.83. The van der Waals surface area contributed by atoms with Crippen LogP contribution in [0.1, 0.15) is 40.3 Å². The van der Waals surface area contributed by atoms with Gasteiger partial charge in [0.1, 0.15) is 0 Å². The van der Waals surface area contributed by atoms with Crippen molar-refractivity contribution in [3.8, 4) is 0 Å². The molecule has 21 heavy (non-hydrogen) atoms. The summed E-state index contributed by atoms with van der Waals surface area (Å²) in [5.41, 5.74) is 1.31. The zero-order chi connectivity index (χ0) is 15.5. The lowest BCUT2D eigenvalue weighted by Crippen LogP contribution is -2.47. The molecule has 1 aromatic heterocycles. The Kier molecular flexibility index (Phi) is 5.63. The van der Waals surface area contributed by atoms with Gasteiger partial charge in [-0.25, -0.2) is 4.98 Å². The van der Waals surface area contributed by atoms with Crippen molar-refractivity contribution in [2.45, 2.75) is 46.7 Å². The fourth-order valence-electron chi connectivity index (χ4n) is 2.52. The van der Waals surface area contributed by atoms with Gasteiger partial charge in [0.25, 0.3) is 0 Å². The van der Waals surface area contributed by atoms with Gasteiger partial charge >= 0.3 is 0 Å². The molecule has 0 atom stereocenters. The topological polar surface area (TPSA) is 31.4 Å². The molecule has 1 N–H and O–H groups in total. The summed E-state index contributed by atoms with van der Waals surface area (Å²) in [6.45, 7) is 17.7. The number of hydrogen-bond donors (Lipinski definition) is 1. The Labute approximate surface area is 133 Å². The van der Waals surface area contributed by atoms with Gasteiger partial charge in [0.15, 0.2) is 5.13 Å². The highest BCUT2D eigenvalue weighted by Gasteiger charge is 2.20. The van der Waals surface area contributed by atoms with E-state index in [1.165, 1.54) is 11.7 Å². The van der Waals surface area contributed by atoms with Crippen LogP contribution in [0.3, 0.4) is 0 Å². The zero-order valence-corrected chi connectivity index (χ0v) is 15.0. The van der Waals surface area contributed by atoms with E-state index < -0.39 is 0 Å². The smallest absolute Gasteiger partial charge is 0.185 e. The molecule has 0 radical (unpaired) electrons. The second kappa shape index (κ2) is 7.07. The van der Waals surface area contributed by atoms with E-state index in [0.717, 1.165) is 44.3 Å². The van der Waals surface area contributed by atoms with E-state index in [2.05, 4.69) is 55.1 Å². The normalized spacial score (nSPS) is 17.7. The van der Waals surface area contributed by atoms with Crippen LogP contribution < -0.4 is 10.2 Å². The highest BCUT2D eigenvalue weighted by atomic mass is 32.1. The van der Waals surface area contributed by atoms with Crippen molar-refractivity contribution >= 4 is 16.5 Å². The predicted octanol–water partition coefficient (Wildman–Crippen LogP) is 2.81. The molecule has 0 spiro atoms. The number of rotatable bonds is 5. The Morgan fingerprint density at radius 3 is 2.48 bits per heavy atom. The molecule has 120 valence electrons. The summed E-state index contributed by atoms with van der Waals surface area (Å²) >= 11 is 1.78. The quantitative estimate of drug-likeness (QED) is 0.906. The Morgan fingerprint density at radius 1 is 1.24 bits per heavy atom. The van der Waals surface area contributed by atoms with Gasteiger partial charge in [0, 0.05) is 50.2 Å². The third-order valence-electron chi connectivity index (χ3n) is 3.61. The van der Waals surface area contributed by atoms with Gasteiger partial charge in [0.2, 0.25) is 0 Å². The van der Waals surface area contributed by atoms with Crippen LogP contribution in [0.2, 0.25) is 0 Å². The van der Waals surface area contributed by atoms with Crippen LogP contribution in [-0.4, -0.2) is 48.1 Å². The maximum Gasteiger partial charge on any atom is 0.185 e. The molecule has 0 saturated carbocycles. The van der Waals surface area contributed by atoms with E-state index in [-0.39, 0.29) is 5.54 Å². The number of thiazole rings is 1. The molecule has 1 aliphatic heterocycles. The van der Waals surface area contributed by atoms with Crippen LogP contribution in [0.15, 0.2) is 5.38 Å². The first-order valence-corrected chi connectivity index (χ1v) is 8.88. The molecule has 1 aromatic rings. The fraction of sp³-hybridized carbons (Fsp3) is 0.812. The summed E-state index contributed by atoms with van der Waals surface area (Å²) in [4.78, 5) is 9.79.